The molecule has 1 fully saturated rings. The molecule has 0 aliphatic heterocycles. The molecule has 11 heavy (non-hydrogen) atoms. The minimum atomic E-state index is -0.163. The molecule has 2 heteroatoms. The SMILES string of the molecule is CC(O)CCNC1CC1(C)C. The van der Waals surface area contributed by atoms with Crippen molar-refractivity contribution in [3.8, 4) is 0 Å². The molecule has 0 spiro atoms. The van der Waals surface area contributed by atoms with Gasteiger partial charge in [0.15, 0.2) is 0 Å². The summed E-state index contributed by atoms with van der Waals surface area (Å²) >= 11 is 0. The highest BCUT2D eigenvalue weighted by molar-refractivity contribution is 5.01. The van der Waals surface area contributed by atoms with E-state index in [0.29, 0.717) is 11.5 Å². The quantitative estimate of drug-likeness (QED) is 0.641. The number of rotatable bonds is 4. The minimum absolute atomic E-state index is 0.163. The first-order chi connectivity index (χ1) is 5.02. The van der Waals surface area contributed by atoms with Crippen LogP contribution < -0.4 is 5.32 Å². The van der Waals surface area contributed by atoms with Gasteiger partial charge in [0.25, 0.3) is 0 Å². The van der Waals surface area contributed by atoms with E-state index in [0.717, 1.165) is 13.0 Å². The van der Waals surface area contributed by atoms with E-state index in [1.807, 2.05) is 6.92 Å². The molecule has 0 aromatic carbocycles. The van der Waals surface area contributed by atoms with Crippen LogP contribution in [0, 0.1) is 5.41 Å². The Morgan fingerprint density at radius 3 is 2.55 bits per heavy atom. The molecule has 0 heterocycles. The first-order valence-corrected chi connectivity index (χ1v) is 4.44. The van der Waals surface area contributed by atoms with Gasteiger partial charge >= 0.3 is 0 Å². The lowest BCUT2D eigenvalue weighted by Gasteiger charge is -2.07. The molecule has 1 aliphatic rings. The van der Waals surface area contributed by atoms with Gasteiger partial charge in [0, 0.05) is 6.04 Å². The fourth-order valence-electron chi connectivity index (χ4n) is 1.28. The molecule has 2 unspecified atom stereocenters. The summed E-state index contributed by atoms with van der Waals surface area (Å²) in [6.07, 6.45) is 1.99. The van der Waals surface area contributed by atoms with Crippen LogP contribution in [0.25, 0.3) is 0 Å². The van der Waals surface area contributed by atoms with E-state index in [1.54, 1.807) is 0 Å². The zero-order chi connectivity index (χ0) is 8.48. The maximum absolute atomic E-state index is 8.98. The lowest BCUT2D eigenvalue weighted by Crippen LogP contribution is -2.24. The fourth-order valence-corrected chi connectivity index (χ4v) is 1.28. The smallest absolute Gasteiger partial charge is 0.0524 e. The number of hydrogen-bond donors (Lipinski definition) is 2. The Morgan fingerprint density at radius 1 is 1.64 bits per heavy atom. The van der Waals surface area contributed by atoms with E-state index >= 15 is 0 Å². The van der Waals surface area contributed by atoms with Crippen LogP contribution in [0.4, 0.5) is 0 Å². The van der Waals surface area contributed by atoms with Crippen LogP contribution in [0.5, 0.6) is 0 Å². The molecular formula is C9H19NO. The second-order valence-electron chi connectivity index (χ2n) is 4.34. The Balaban J connectivity index is 1.98. The summed E-state index contributed by atoms with van der Waals surface area (Å²) in [6.45, 7) is 7.32. The predicted octanol–water partition coefficient (Wildman–Crippen LogP) is 1.15. The molecule has 2 nitrogen and oxygen atoms in total. The van der Waals surface area contributed by atoms with Gasteiger partial charge in [-0.1, -0.05) is 13.8 Å². The molecule has 1 aliphatic carbocycles. The topological polar surface area (TPSA) is 32.3 Å². The Labute approximate surface area is 69.0 Å². The van der Waals surface area contributed by atoms with Crippen LogP contribution >= 0.6 is 0 Å². The fraction of sp³-hybridized carbons (Fsp3) is 1.00. The minimum Gasteiger partial charge on any atom is -0.393 e. The van der Waals surface area contributed by atoms with E-state index in [2.05, 4.69) is 19.2 Å². The first kappa shape index (κ1) is 9.01. The van der Waals surface area contributed by atoms with Crippen molar-refractivity contribution in [3.63, 3.8) is 0 Å². The zero-order valence-electron chi connectivity index (χ0n) is 7.72. The summed E-state index contributed by atoms with van der Waals surface area (Å²) in [5, 5.41) is 12.4. The van der Waals surface area contributed by atoms with Crippen molar-refractivity contribution in [1.29, 1.82) is 0 Å². The number of aliphatic hydroxyl groups is 1. The van der Waals surface area contributed by atoms with Crippen molar-refractivity contribution >= 4 is 0 Å². The summed E-state index contributed by atoms with van der Waals surface area (Å²) in [4.78, 5) is 0. The van der Waals surface area contributed by atoms with Crippen molar-refractivity contribution in [3.05, 3.63) is 0 Å². The van der Waals surface area contributed by atoms with Gasteiger partial charge in [0.2, 0.25) is 0 Å². The monoisotopic (exact) mass is 157 g/mol. The van der Waals surface area contributed by atoms with Crippen molar-refractivity contribution in [2.45, 2.75) is 45.8 Å². The van der Waals surface area contributed by atoms with E-state index in [4.69, 9.17) is 5.11 Å². The lowest BCUT2D eigenvalue weighted by atomic mass is 10.2. The zero-order valence-corrected chi connectivity index (χ0v) is 7.72. The van der Waals surface area contributed by atoms with Gasteiger partial charge < -0.3 is 10.4 Å². The highest BCUT2D eigenvalue weighted by Crippen LogP contribution is 2.44. The molecule has 2 N–H and O–H groups in total. The standard InChI is InChI=1S/C9H19NO/c1-7(11)4-5-10-8-6-9(8,2)3/h7-8,10-11H,4-6H2,1-3H3. The highest BCUT2D eigenvalue weighted by Gasteiger charge is 2.44. The van der Waals surface area contributed by atoms with Gasteiger partial charge in [-0.15, -0.1) is 0 Å². The van der Waals surface area contributed by atoms with Crippen LogP contribution in [-0.2, 0) is 0 Å². The van der Waals surface area contributed by atoms with Gasteiger partial charge in [0.05, 0.1) is 6.10 Å². The molecule has 0 radical (unpaired) electrons. The Hall–Kier alpha value is -0.0800. The number of aliphatic hydroxyl groups excluding tert-OH is 1. The van der Waals surface area contributed by atoms with Crippen LogP contribution in [0.15, 0.2) is 0 Å². The summed E-state index contributed by atoms with van der Waals surface area (Å²) in [7, 11) is 0. The van der Waals surface area contributed by atoms with Gasteiger partial charge in [-0.25, -0.2) is 0 Å². The third-order valence-corrected chi connectivity index (χ3v) is 2.47. The van der Waals surface area contributed by atoms with Gasteiger partial charge in [-0.2, -0.15) is 0 Å². The van der Waals surface area contributed by atoms with E-state index in [1.165, 1.54) is 6.42 Å². The second-order valence-corrected chi connectivity index (χ2v) is 4.34. The third-order valence-electron chi connectivity index (χ3n) is 2.47. The number of nitrogens with one attached hydrogen (secondary N) is 1. The maximum Gasteiger partial charge on any atom is 0.0524 e. The van der Waals surface area contributed by atoms with Crippen molar-refractivity contribution in [1.82, 2.24) is 5.32 Å². The van der Waals surface area contributed by atoms with Gasteiger partial charge in [0.1, 0.15) is 0 Å². The largest absolute Gasteiger partial charge is 0.393 e. The summed E-state index contributed by atoms with van der Waals surface area (Å²) in [5.74, 6) is 0. The molecule has 1 saturated carbocycles. The third kappa shape index (κ3) is 2.80. The average molecular weight is 157 g/mol. The van der Waals surface area contributed by atoms with Crippen molar-refractivity contribution in [2.24, 2.45) is 5.41 Å². The average Bonchev–Trinajstić information content (AvgIpc) is 2.39. The summed E-state index contributed by atoms with van der Waals surface area (Å²) in [6, 6.07) is 0.696. The molecule has 2 atom stereocenters. The van der Waals surface area contributed by atoms with Crippen molar-refractivity contribution < 1.29 is 5.11 Å². The molecule has 0 saturated heterocycles. The molecule has 0 bridgehead atoms. The number of hydrogen-bond acceptors (Lipinski definition) is 2. The van der Waals surface area contributed by atoms with Crippen LogP contribution in [-0.4, -0.2) is 23.8 Å². The molecule has 1 rings (SSSR count). The van der Waals surface area contributed by atoms with Gasteiger partial charge in [-0.05, 0) is 31.7 Å². The summed E-state index contributed by atoms with van der Waals surface area (Å²) < 4.78 is 0. The summed E-state index contributed by atoms with van der Waals surface area (Å²) in [5.41, 5.74) is 0.513. The van der Waals surface area contributed by atoms with Crippen LogP contribution in [0.1, 0.15) is 33.6 Å². The molecule has 0 amide bonds. The predicted molar refractivity (Wildman–Crippen MR) is 46.5 cm³/mol. The van der Waals surface area contributed by atoms with E-state index < -0.39 is 0 Å². The normalized spacial score (nSPS) is 30.0. The first-order valence-electron chi connectivity index (χ1n) is 4.44. The Morgan fingerprint density at radius 2 is 2.18 bits per heavy atom. The van der Waals surface area contributed by atoms with E-state index in [-0.39, 0.29) is 6.10 Å². The Bertz CT molecular complexity index is 132. The molecular weight excluding hydrogens is 138 g/mol. The Kier molecular flexibility index (Phi) is 2.55. The van der Waals surface area contributed by atoms with Crippen molar-refractivity contribution in [2.75, 3.05) is 6.54 Å². The molecule has 0 aromatic heterocycles. The van der Waals surface area contributed by atoms with E-state index in [9.17, 15) is 0 Å². The molecule has 0 aromatic rings. The second kappa shape index (κ2) is 3.11. The molecule has 66 valence electrons. The lowest BCUT2D eigenvalue weighted by molar-refractivity contribution is 0.183. The maximum atomic E-state index is 8.98. The van der Waals surface area contributed by atoms with Crippen LogP contribution in [0.3, 0.4) is 0 Å². The highest BCUT2D eigenvalue weighted by atomic mass is 16.3. The van der Waals surface area contributed by atoms with Gasteiger partial charge in [-0.3, -0.25) is 0 Å². The van der Waals surface area contributed by atoms with Crippen LogP contribution in [0.2, 0.25) is 0 Å².